The van der Waals surface area contributed by atoms with Crippen molar-refractivity contribution in [3.63, 3.8) is 0 Å². The van der Waals surface area contributed by atoms with Crippen molar-refractivity contribution in [1.82, 2.24) is 0 Å². The molecule has 0 amide bonds. The predicted octanol–water partition coefficient (Wildman–Crippen LogP) is 4.33. The van der Waals surface area contributed by atoms with Crippen LogP contribution >= 0.6 is 11.8 Å². The third-order valence-corrected chi connectivity index (χ3v) is 7.27. The molecule has 4 heteroatoms. The molecule has 2 saturated carbocycles. The van der Waals surface area contributed by atoms with E-state index in [0.717, 1.165) is 36.2 Å². The van der Waals surface area contributed by atoms with Gasteiger partial charge < -0.3 is 10.2 Å². The first-order chi connectivity index (χ1) is 12.3. The lowest BCUT2D eigenvalue weighted by Gasteiger charge is -2.41. The zero-order valence-electron chi connectivity index (χ0n) is 15.8. The summed E-state index contributed by atoms with van der Waals surface area (Å²) in [6.45, 7) is 7.99. The minimum atomic E-state index is -0.636. The largest absolute Gasteiger partial charge is 0.393 e. The van der Waals surface area contributed by atoms with E-state index in [2.05, 4.69) is 31.7 Å². The quantitative estimate of drug-likeness (QED) is 0.722. The number of aliphatic hydroxyl groups excluding tert-OH is 2. The normalized spacial score (nSPS) is 37.8. The maximum absolute atomic E-state index is 11.4. The van der Waals surface area contributed by atoms with E-state index in [1.54, 1.807) is 6.92 Å². The first-order valence-corrected chi connectivity index (χ1v) is 10.6. The van der Waals surface area contributed by atoms with Crippen molar-refractivity contribution in [3.05, 3.63) is 47.1 Å². The fourth-order valence-corrected chi connectivity index (χ4v) is 5.58. The third-order valence-electron chi connectivity index (χ3n) is 6.41. The first kappa shape index (κ1) is 19.7. The van der Waals surface area contributed by atoms with Gasteiger partial charge in [-0.15, -0.1) is 0 Å². The molecular formula is C22H30O3S. The predicted molar refractivity (Wildman–Crippen MR) is 108 cm³/mol. The van der Waals surface area contributed by atoms with Crippen molar-refractivity contribution in [2.75, 3.05) is 5.75 Å². The van der Waals surface area contributed by atoms with Crippen LogP contribution in [0.15, 0.2) is 47.1 Å². The van der Waals surface area contributed by atoms with Crippen LogP contribution in [0.5, 0.6) is 0 Å². The van der Waals surface area contributed by atoms with Crippen LogP contribution in [0.2, 0.25) is 0 Å². The van der Waals surface area contributed by atoms with E-state index in [1.807, 2.05) is 0 Å². The van der Waals surface area contributed by atoms with Crippen LogP contribution in [-0.4, -0.2) is 33.3 Å². The van der Waals surface area contributed by atoms with Crippen molar-refractivity contribution in [2.45, 2.75) is 64.6 Å². The third kappa shape index (κ3) is 3.92. The van der Waals surface area contributed by atoms with Gasteiger partial charge in [0.25, 0.3) is 0 Å². The molecule has 2 fully saturated rings. The number of allylic oxidation sites excluding steroid dienone is 4. The minimum Gasteiger partial charge on any atom is -0.393 e. The molecule has 0 heterocycles. The van der Waals surface area contributed by atoms with Gasteiger partial charge in [-0.25, -0.2) is 0 Å². The molecule has 3 aliphatic carbocycles. The van der Waals surface area contributed by atoms with Gasteiger partial charge >= 0.3 is 0 Å². The van der Waals surface area contributed by atoms with Crippen LogP contribution in [0.25, 0.3) is 0 Å². The van der Waals surface area contributed by atoms with Crippen molar-refractivity contribution in [3.8, 4) is 0 Å². The van der Waals surface area contributed by atoms with Gasteiger partial charge in [-0.2, -0.15) is 0 Å². The molecule has 3 aliphatic rings. The molecule has 0 spiro atoms. The minimum absolute atomic E-state index is 0.160. The Labute approximate surface area is 161 Å². The second kappa shape index (κ2) is 7.87. The molecule has 2 N–H and O–H groups in total. The second-order valence-corrected chi connectivity index (χ2v) is 9.29. The molecule has 3 nitrogen and oxygen atoms in total. The number of hydrogen-bond donors (Lipinski definition) is 2. The standard InChI is InChI=1S/C22H30O3S/c1-14-17(11-19(24)12-21(14)25)7-6-16-5-4-10-22(3)18(8-9-20(16)22)13-26-15(2)23/h6-8,19-21,24-25H,1,4-5,9-13H2,2-3H3/t19?,20-,21?,22+/m0/s1. The van der Waals surface area contributed by atoms with Crippen LogP contribution in [0.3, 0.4) is 0 Å². The van der Waals surface area contributed by atoms with Crippen LogP contribution in [-0.2, 0) is 4.79 Å². The summed E-state index contributed by atoms with van der Waals surface area (Å²) in [7, 11) is 0. The number of aliphatic hydroxyl groups is 2. The average Bonchev–Trinajstić information content (AvgIpc) is 2.91. The molecule has 0 aliphatic heterocycles. The number of rotatable bonds is 3. The molecule has 0 aromatic carbocycles. The Morgan fingerprint density at radius 1 is 1.42 bits per heavy atom. The number of hydrogen-bond acceptors (Lipinski definition) is 4. The van der Waals surface area contributed by atoms with E-state index in [-0.39, 0.29) is 10.5 Å². The summed E-state index contributed by atoms with van der Waals surface area (Å²) in [4.78, 5) is 11.4. The molecule has 4 atom stereocenters. The fraction of sp³-hybridized carbons (Fsp3) is 0.591. The van der Waals surface area contributed by atoms with E-state index in [0.29, 0.717) is 18.8 Å². The molecule has 0 aromatic heterocycles. The van der Waals surface area contributed by atoms with Gasteiger partial charge in [0, 0.05) is 19.1 Å². The maximum atomic E-state index is 11.4. The lowest BCUT2D eigenvalue weighted by molar-refractivity contribution is -0.109. The Hall–Kier alpha value is -1.10. The van der Waals surface area contributed by atoms with Crippen molar-refractivity contribution in [2.24, 2.45) is 11.3 Å². The Bertz CT molecular complexity index is 688. The number of fused-ring (bicyclic) bond motifs is 1. The lowest BCUT2D eigenvalue weighted by Crippen LogP contribution is -2.31. The van der Waals surface area contributed by atoms with Crippen molar-refractivity contribution >= 4 is 16.9 Å². The molecule has 0 radical (unpaired) electrons. The molecule has 26 heavy (non-hydrogen) atoms. The zero-order chi connectivity index (χ0) is 18.9. The summed E-state index contributed by atoms with van der Waals surface area (Å²) in [6.07, 6.45) is 10.9. The van der Waals surface area contributed by atoms with Gasteiger partial charge in [0.1, 0.15) is 0 Å². The van der Waals surface area contributed by atoms with Gasteiger partial charge in [0.05, 0.1) is 12.2 Å². The lowest BCUT2D eigenvalue weighted by atomic mass is 9.64. The van der Waals surface area contributed by atoms with E-state index < -0.39 is 12.2 Å². The Morgan fingerprint density at radius 2 is 2.19 bits per heavy atom. The van der Waals surface area contributed by atoms with Gasteiger partial charge in [0.15, 0.2) is 5.12 Å². The van der Waals surface area contributed by atoms with E-state index >= 15 is 0 Å². The molecule has 0 saturated heterocycles. The Kier molecular flexibility index (Phi) is 5.95. The van der Waals surface area contributed by atoms with Crippen LogP contribution in [0, 0.1) is 11.3 Å². The summed E-state index contributed by atoms with van der Waals surface area (Å²) < 4.78 is 0. The summed E-state index contributed by atoms with van der Waals surface area (Å²) in [6, 6.07) is 0. The maximum Gasteiger partial charge on any atom is 0.186 e. The summed E-state index contributed by atoms with van der Waals surface area (Å²) in [5.41, 5.74) is 4.75. The highest BCUT2D eigenvalue weighted by atomic mass is 32.2. The molecule has 142 valence electrons. The van der Waals surface area contributed by atoms with Gasteiger partial charge in [-0.05, 0) is 54.6 Å². The number of carbonyl (C=O) groups excluding carboxylic acids is 1. The molecule has 3 rings (SSSR count). The van der Waals surface area contributed by atoms with Crippen LogP contribution < -0.4 is 0 Å². The molecule has 0 aromatic rings. The molecule has 2 unspecified atom stereocenters. The van der Waals surface area contributed by atoms with Crippen molar-refractivity contribution in [1.29, 1.82) is 0 Å². The number of carbonyl (C=O) groups is 1. The van der Waals surface area contributed by atoms with Gasteiger partial charge in [-0.1, -0.05) is 54.6 Å². The van der Waals surface area contributed by atoms with Gasteiger partial charge in [0.2, 0.25) is 0 Å². The summed E-state index contributed by atoms with van der Waals surface area (Å²) in [5, 5.41) is 20.1. The molecule has 0 bridgehead atoms. The smallest absolute Gasteiger partial charge is 0.186 e. The highest BCUT2D eigenvalue weighted by Crippen LogP contribution is 2.55. The highest BCUT2D eigenvalue weighted by molar-refractivity contribution is 8.13. The Morgan fingerprint density at radius 3 is 2.92 bits per heavy atom. The zero-order valence-corrected chi connectivity index (χ0v) is 16.6. The van der Waals surface area contributed by atoms with E-state index in [9.17, 15) is 15.0 Å². The molecular weight excluding hydrogens is 344 g/mol. The van der Waals surface area contributed by atoms with Crippen LogP contribution in [0.1, 0.15) is 52.4 Å². The van der Waals surface area contributed by atoms with E-state index in [1.165, 1.54) is 29.3 Å². The summed E-state index contributed by atoms with van der Waals surface area (Å²) >= 11 is 1.42. The monoisotopic (exact) mass is 374 g/mol. The SMILES string of the molecule is C=C1C(=CC=C2CCC[C@]3(C)C(CSC(C)=O)=CC[C@@H]23)CC(O)CC1O. The fourth-order valence-electron chi connectivity index (χ4n) is 4.77. The Balaban J connectivity index is 1.78. The van der Waals surface area contributed by atoms with Gasteiger partial charge in [-0.3, -0.25) is 4.79 Å². The summed E-state index contributed by atoms with van der Waals surface area (Å²) in [5.74, 6) is 1.31. The average molecular weight is 375 g/mol. The number of thioether (sulfide) groups is 1. The highest BCUT2D eigenvalue weighted by Gasteiger charge is 2.44. The second-order valence-electron chi connectivity index (χ2n) is 8.14. The van der Waals surface area contributed by atoms with E-state index in [4.69, 9.17) is 0 Å². The van der Waals surface area contributed by atoms with Crippen molar-refractivity contribution < 1.29 is 15.0 Å². The topological polar surface area (TPSA) is 57.5 Å². The first-order valence-electron chi connectivity index (χ1n) is 9.59. The van der Waals surface area contributed by atoms with Crippen LogP contribution in [0.4, 0.5) is 0 Å².